The molecule has 4 aromatic rings. The van der Waals surface area contributed by atoms with Gasteiger partial charge in [-0.2, -0.15) is 0 Å². The zero-order valence-electron chi connectivity index (χ0n) is 16.3. The Bertz CT molecular complexity index is 1210. The zero-order chi connectivity index (χ0) is 19.8. The van der Waals surface area contributed by atoms with Crippen molar-refractivity contribution in [2.45, 2.75) is 20.0 Å². The number of ether oxygens (including phenoxy) is 1. The molecule has 1 atom stereocenters. The number of anilines is 2. The predicted octanol–water partition coefficient (Wildman–Crippen LogP) is 4.84. The Labute approximate surface area is 168 Å². The Hall–Kier alpha value is -3.67. The molecule has 1 aliphatic heterocycles. The first-order valence-corrected chi connectivity index (χ1v) is 9.62. The van der Waals surface area contributed by atoms with E-state index < -0.39 is 0 Å². The van der Waals surface area contributed by atoms with Gasteiger partial charge in [0.15, 0.2) is 6.10 Å². The second kappa shape index (κ2) is 7.05. The fraction of sp³-hybridized carbons (Fsp3) is 0.174. The average Bonchev–Trinajstić information content (AvgIpc) is 3.36. The highest BCUT2D eigenvalue weighted by atomic mass is 16.5. The topological polar surface area (TPSA) is 75.2 Å². The van der Waals surface area contributed by atoms with Gasteiger partial charge in [-0.1, -0.05) is 6.07 Å². The quantitative estimate of drug-likeness (QED) is 0.529. The Balaban J connectivity index is 1.33. The van der Waals surface area contributed by atoms with Gasteiger partial charge in [-0.3, -0.25) is 0 Å². The molecule has 3 aromatic heterocycles. The van der Waals surface area contributed by atoms with Crippen LogP contribution in [0.5, 0.6) is 0 Å². The maximum absolute atomic E-state index is 6.14. The SMILES string of the molecule is Cc1cc(C)nc(Nc2cccc(C3CN=C(c4ccc5[nH]ccc5c4)O3)n2)c1. The van der Waals surface area contributed by atoms with Gasteiger partial charge < -0.3 is 15.0 Å². The van der Waals surface area contributed by atoms with Crippen LogP contribution >= 0.6 is 0 Å². The number of rotatable bonds is 4. The summed E-state index contributed by atoms with van der Waals surface area (Å²) in [7, 11) is 0. The molecule has 4 heterocycles. The third-order valence-electron chi connectivity index (χ3n) is 4.91. The molecule has 0 aliphatic carbocycles. The maximum atomic E-state index is 6.14. The van der Waals surface area contributed by atoms with E-state index in [0.29, 0.717) is 12.4 Å². The van der Waals surface area contributed by atoms with Crippen LogP contribution in [-0.4, -0.2) is 27.4 Å². The van der Waals surface area contributed by atoms with E-state index in [1.807, 2.05) is 61.7 Å². The highest BCUT2D eigenvalue weighted by Gasteiger charge is 2.24. The van der Waals surface area contributed by atoms with Crippen LogP contribution in [0.15, 0.2) is 65.8 Å². The van der Waals surface area contributed by atoms with Crippen LogP contribution in [0.1, 0.15) is 28.6 Å². The van der Waals surface area contributed by atoms with Crippen molar-refractivity contribution in [3.8, 4) is 0 Å². The number of aromatic amines is 1. The number of fused-ring (bicyclic) bond motifs is 1. The highest BCUT2D eigenvalue weighted by Crippen LogP contribution is 2.27. The van der Waals surface area contributed by atoms with Crippen LogP contribution in [0.3, 0.4) is 0 Å². The van der Waals surface area contributed by atoms with Gasteiger partial charge in [0.1, 0.15) is 11.6 Å². The maximum Gasteiger partial charge on any atom is 0.216 e. The second-order valence-electron chi connectivity index (χ2n) is 7.28. The van der Waals surface area contributed by atoms with Gasteiger partial charge in [-0.15, -0.1) is 0 Å². The second-order valence-corrected chi connectivity index (χ2v) is 7.28. The average molecular weight is 383 g/mol. The lowest BCUT2D eigenvalue weighted by atomic mass is 10.1. The van der Waals surface area contributed by atoms with E-state index in [1.165, 1.54) is 0 Å². The number of hydrogen-bond donors (Lipinski definition) is 2. The summed E-state index contributed by atoms with van der Waals surface area (Å²) in [6.45, 7) is 4.59. The van der Waals surface area contributed by atoms with E-state index in [0.717, 1.165) is 45.1 Å². The summed E-state index contributed by atoms with van der Waals surface area (Å²) in [4.78, 5) is 17.1. The molecule has 0 radical (unpaired) electrons. The van der Waals surface area contributed by atoms with E-state index >= 15 is 0 Å². The van der Waals surface area contributed by atoms with Gasteiger partial charge in [0, 0.05) is 28.4 Å². The molecule has 5 rings (SSSR count). The lowest BCUT2D eigenvalue weighted by Crippen LogP contribution is -2.09. The number of pyridine rings is 2. The Morgan fingerprint density at radius 1 is 1.00 bits per heavy atom. The van der Waals surface area contributed by atoms with Crippen molar-refractivity contribution < 1.29 is 4.74 Å². The minimum Gasteiger partial charge on any atom is -0.466 e. The van der Waals surface area contributed by atoms with E-state index in [9.17, 15) is 0 Å². The fourth-order valence-electron chi connectivity index (χ4n) is 3.61. The summed E-state index contributed by atoms with van der Waals surface area (Å²) in [5, 5.41) is 4.43. The highest BCUT2D eigenvalue weighted by molar-refractivity contribution is 5.98. The smallest absolute Gasteiger partial charge is 0.216 e. The number of H-pyrrole nitrogens is 1. The zero-order valence-corrected chi connectivity index (χ0v) is 16.3. The minimum atomic E-state index is -0.194. The van der Waals surface area contributed by atoms with Gasteiger partial charge in [0.25, 0.3) is 0 Å². The number of benzene rings is 1. The minimum absolute atomic E-state index is 0.194. The predicted molar refractivity (Wildman–Crippen MR) is 115 cm³/mol. The number of aryl methyl sites for hydroxylation is 2. The molecule has 0 fully saturated rings. The Kier molecular flexibility index (Phi) is 4.24. The molecule has 6 nitrogen and oxygen atoms in total. The molecule has 6 heteroatoms. The molecule has 1 aromatic carbocycles. The normalized spacial score (nSPS) is 15.9. The molecule has 0 saturated carbocycles. The number of aliphatic imine (C=N–C) groups is 1. The number of nitrogens with one attached hydrogen (secondary N) is 2. The third kappa shape index (κ3) is 3.57. The molecular weight excluding hydrogens is 362 g/mol. The molecule has 1 aliphatic rings. The third-order valence-corrected chi connectivity index (χ3v) is 4.91. The molecule has 2 N–H and O–H groups in total. The lowest BCUT2D eigenvalue weighted by Gasteiger charge is -2.13. The number of nitrogens with zero attached hydrogens (tertiary/aromatic N) is 3. The fourth-order valence-corrected chi connectivity index (χ4v) is 3.61. The summed E-state index contributed by atoms with van der Waals surface area (Å²) in [5.41, 5.74) is 5.06. The van der Waals surface area contributed by atoms with Crippen molar-refractivity contribution in [2.75, 3.05) is 11.9 Å². The van der Waals surface area contributed by atoms with Gasteiger partial charge in [-0.05, 0) is 67.9 Å². The van der Waals surface area contributed by atoms with Crippen molar-refractivity contribution in [1.82, 2.24) is 15.0 Å². The first-order chi connectivity index (χ1) is 14.1. The molecule has 0 amide bonds. The summed E-state index contributed by atoms with van der Waals surface area (Å²) < 4.78 is 6.14. The summed E-state index contributed by atoms with van der Waals surface area (Å²) in [6.07, 6.45) is 1.74. The first kappa shape index (κ1) is 17.4. The summed E-state index contributed by atoms with van der Waals surface area (Å²) in [6, 6.07) is 18.1. The lowest BCUT2D eigenvalue weighted by molar-refractivity contribution is 0.225. The molecular formula is C23H21N5O. The molecule has 144 valence electrons. The van der Waals surface area contributed by atoms with Gasteiger partial charge >= 0.3 is 0 Å². The van der Waals surface area contributed by atoms with Crippen molar-refractivity contribution in [1.29, 1.82) is 0 Å². The van der Waals surface area contributed by atoms with Crippen LogP contribution in [-0.2, 0) is 4.74 Å². The monoisotopic (exact) mass is 383 g/mol. The number of hydrogen-bond acceptors (Lipinski definition) is 5. The van der Waals surface area contributed by atoms with Crippen molar-refractivity contribution in [3.05, 3.63) is 83.3 Å². The van der Waals surface area contributed by atoms with Crippen LogP contribution in [0.4, 0.5) is 11.6 Å². The van der Waals surface area contributed by atoms with Gasteiger partial charge in [0.05, 0.1) is 12.2 Å². The van der Waals surface area contributed by atoms with E-state index in [-0.39, 0.29) is 6.10 Å². The van der Waals surface area contributed by atoms with Crippen LogP contribution in [0.25, 0.3) is 10.9 Å². The van der Waals surface area contributed by atoms with Crippen LogP contribution < -0.4 is 5.32 Å². The molecule has 0 bridgehead atoms. The van der Waals surface area contributed by atoms with Crippen LogP contribution in [0.2, 0.25) is 0 Å². The van der Waals surface area contributed by atoms with E-state index in [2.05, 4.69) is 33.3 Å². The van der Waals surface area contributed by atoms with Crippen molar-refractivity contribution >= 4 is 28.4 Å². The van der Waals surface area contributed by atoms with Gasteiger partial charge in [-0.25, -0.2) is 15.0 Å². The molecule has 29 heavy (non-hydrogen) atoms. The first-order valence-electron chi connectivity index (χ1n) is 9.62. The largest absolute Gasteiger partial charge is 0.466 e. The molecule has 1 unspecified atom stereocenters. The van der Waals surface area contributed by atoms with Crippen molar-refractivity contribution in [3.63, 3.8) is 0 Å². The number of aromatic nitrogens is 3. The van der Waals surface area contributed by atoms with E-state index in [4.69, 9.17) is 9.72 Å². The standard InChI is InChI=1S/C23H21N5O/c1-14-10-15(2)26-22(11-14)28-21-5-3-4-19(27-21)20-13-25-23(29-20)17-6-7-18-16(12-17)8-9-24-18/h3-12,20,24H,13H2,1-2H3,(H,26,27,28). The van der Waals surface area contributed by atoms with Gasteiger partial charge in [0.2, 0.25) is 5.90 Å². The van der Waals surface area contributed by atoms with Crippen molar-refractivity contribution in [2.24, 2.45) is 4.99 Å². The Morgan fingerprint density at radius 3 is 2.83 bits per heavy atom. The summed E-state index contributed by atoms with van der Waals surface area (Å²) >= 11 is 0. The van der Waals surface area contributed by atoms with Crippen LogP contribution in [0, 0.1) is 13.8 Å². The molecule has 0 saturated heterocycles. The summed E-state index contributed by atoms with van der Waals surface area (Å²) in [5.74, 6) is 2.19. The Morgan fingerprint density at radius 2 is 1.93 bits per heavy atom. The molecule has 0 spiro atoms. The van der Waals surface area contributed by atoms with E-state index in [1.54, 1.807) is 0 Å².